The van der Waals surface area contributed by atoms with Gasteiger partial charge < -0.3 is 4.74 Å². The quantitative estimate of drug-likeness (QED) is 0.224. The van der Waals surface area contributed by atoms with E-state index in [1.54, 1.807) is 0 Å². The highest BCUT2D eigenvalue weighted by Crippen LogP contribution is 2.44. The second-order valence-electron chi connectivity index (χ2n) is 10.5. The second-order valence-corrected chi connectivity index (χ2v) is 10.5. The number of hydrogen-bond acceptors (Lipinski definition) is 5. The average molecular weight is 523 g/mol. The van der Waals surface area contributed by atoms with Crippen LogP contribution in [-0.2, 0) is 19.9 Å². The number of hydrogen-bond donors (Lipinski definition) is 0. The minimum Gasteiger partial charge on any atom is -0.465 e. The zero-order valence-corrected chi connectivity index (χ0v) is 22.8. The number of allylic oxidation sites excluding steroid dienone is 1. The molecule has 0 radical (unpaired) electrons. The van der Waals surface area contributed by atoms with E-state index in [0.29, 0.717) is 38.6 Å². The van der Waals surface area contributed by atoms with E-state index in [9.17, 15) is 9.59 Å². The predicted molar refractivity (Wildman–Crippen MR) is 154 cm³/mol. The number of likely N-dealkylation sites (tertiary alicyclic amines) is 2. The smallest absolute Gasteiger partial charge is 0.320 e. The van der Waals surface area contributed by atoms with Gasteiger partial charge in [0.15, 0.2) is 5.78 Å². The lowest BCUT2D eigenvalue weighted by Crippen LogP contribution is -2.52. The summed E-state index contributed by atoms with van der Waals surface area (Å²) in [5.41, 5.74) is 3.99. The Balaban J connectivity index is 1.46. The first kappa shape index (κ1) is 27.0. The largest absolute Gasteiger partial charge is 0.465 e. The Morgan fingerprint density at radius 2 is 1.36 bits per heavy atom. The maximum Gasteiger partial charge on any atom is 0.320 e. The van der Waals surface area contributed by atoms with Crippen LogP contribution >= 0.6 is 0 Å². The van der Waals surface area contributed by atoms with Gasteiger partial charge in [-0.25, -0.2) is 0 Å². The summed E-state index contributed by atoms with van der Waals surface area (Å²) in [7, 11) is 0. The van der Waals surface area contributed by atoms with Crippen molar-refractivity contribution < 1.29 is 14.3 Å². The molecule has 0 saturated carbocycles. The van der Waals surface area contributed by atoms with Crippen molar-refractivity contribution in [3.63, 3.8) is 0 Å². The van der Waals surface area contributed by atoms with Crippen molar-refractivity contribution in [2.75, 3.05) is 39.3 Å². The monoisotopic (exact) mass is 522 g/mol. The van der Waals surface area contributed by atoms with Crippen LogP contribution in [0.15, 0.2) is 103 Å². The van der Waals surface area contributed by atoms with E-state index >= 15 is 0 Å². The van der Waals surface area contributed by atoms with Gasteiger partial charge in [0.1, 0.15) is 0 Å². The number of nitrogens with zero attached hydrogens (tertiary/aromatic N) is 2. The number of carbonyl (C=O) groups excluding carboxylic acids is 2. The van der Waals surface area contributed by atoms with Gasteiger partial charge in [0.25, 0.3) is 0 Å². The van der Waals surface area contributed by atoms with E-state index < -0.39 is 5.54 Å². The summed E-state index contributed by atoms with van der Waals surface area (Å²) in [5.74, 6) is 0.427. The first-order chi connectivity index (χ1) is 19.1. The number of ether oxygens (including phenoxy) is 1. The fourth-order valence-corrected chi connectivity index (χ4v) is 6.24. The highest BCUT2D eigenvalue weighted by molar-refractivity contribution is 5.96. The van der Waals surface area contributed by atoms with Gasteiger partial charge >= 0.3 is 5.97 Å². The maximum atomic E-state index is 13.3. The molecule has 2 heterocycles. The minimum atomic E-state index is -0.521. The molecule has 3 aromatic rings. The van der Waals surface area contributed by atoms with Crippen LogP contribution in [0, 0.1) is 5.92 Å². The molecule has 0 spiro atoms. The molecule has 5 nitrogen and oxygen atoms in total. The van der Waals surface area contributed by atoms with Crippen molar-refractivity contribution in [1.82, 2.24) is 9.80 Å². The third kappa shape index (κ3) is 5.90. The van der Waals surface area contributed by atoms with Crippen molar-refractivity contribution >= 4 is 11.8 Å². The lowest BCUT2D eigenvalue weighted by atomic mass is 9.74. The van der Waals surface area contributed by atoms with E-state index in [4.69, 9.17) is 4.74 Å². The molecular formula is C34H38N2O3. The molecule has 5 rings (SSSR count). The Labute approximate surface area is 232 Å². The summed E-state index contributed by atoms with van der Waals surface area (Å²) < 4.78 is 5.12. The van der Waals surface area contributed by atoms with Crippen LogP contribution in [0.5, 0.6) is 0 Å². The molecule has 202 valence electrons. The Bertz CT molecular complexity index is 1170. The molecule has 2 aliphatic rings. The first-order valence-electron chi connectivity index (χ1n) is 14.1. The summed E-state index contributed by atoms with van der Waals surface area (Å²) in [6.45, 7) is 5.56. The number of piperidine rings is 2. The van der Waals surface area contributed by atoms with Crippen LogP contribution in [0.25, 0.3) is 0 Å². The topological polar surface area (TPSA) is 49.9 Å². The van der Waals surface area contributed by atoms with Crippen LogP contribution in [-0.4, -0.2) is 60.9 Å². The molecule has 0 bridgehead atoms. The normalized spacial score (nSPS) is 18.8. The van der Waals surface area contributed by atoms with Crippen LogP contribution in [0.2, 0.25) is 0 Å². The average Bonchev–Trinajstić information content (AvgIpc) is 2.98. The molecule has 2 saturated heterocycles. The van der Waals surface area contributed by atoms with Crippen molar-refractivity contribution in [1.29, 1.82) is 0 Å². The molecule has 0 atom stereocenters. The SMILES string of the molecule is CCOC(=O)CN1CCC(C=C2CN(C(c3ccccc3)(c3ccccc3)c3ccccc3)CCC2=O)CC1. The van der Waals surface area contributed by atoms with E-state index in [1.165, 1.54) is 16.7 Å². The van der Waals surface area contributed by atoms with Gasteiger partial charge in [0, 0.05) is 25.1 Å². The van der Waals surface area contributed by atoms with Crippen molar-refractivity contribution in [2.45, 2.75) is 31.7 Å². The molecule has 0 N–H and O–H groups in total. The molecule has 2 fully saturated rings. The van der Waals surface area contributed by atoms with Gasteiger partial charge in [-0.2, -0.15) is 0 Å². The fourth-order valence-electron chi connectivity index (χ4n) is 6.24. The van der Waals surface area contributed by atoms with Gasteiger partial charge in [0.05, 0.1) is 18.7 Å². The Morgan fingerprint density at radius 1 is 0.846 bits per heavy atom. The van der Waals surface area contributed by atoms with Gasteiger partial charge in [0.2, 0.25) is 0 Å². The van der Waals surface area contributed by atoms with E-state index in [0.717, 1.165) is 31.5 Å². The predicted octanol–water partition coefficient (Wildman–Crippen LogP) is 5.45. The Kier molecular flexibility index (Phi) is 8.70. The number of benzene rings is 3. The standard InChI is InChI=1S/C34H38N2O3/c1-2-39-33(38)26-35-21-18-27(19-22-35)24-28-25-36(23-20-32(28)37)34(29-12-6-3-7-13-29,30-14-8-4-9-15-30)31-16-10-5-11-17-31/h3-17,24,27H,2,18-23,25-26H2,1H3. The number of Topliss-reactive ketones (excluding diaryl/α,β-unsaturated/α-hetero) is 1. The van der Waals surface area contributed by atoms with Gasteiger partial charge in [-0.15, -0.1) is 0 Å². The molecule has 39 heavy (non-hydrogen) atoms. The number of esters is 1. The summed E-state index contributed by atoms with van der Waals surface area (Å²) in [5, 5.41) is 0. The highest BCUT2D eigenvalue weighted by atomic mass is 16.5. The van der Waals surface area contributed by atoms with Gasteiger partial charge in [-0.1, -0.05) is 97.1 Å². The summed E-state index contributed by atoms with van der Waals surface area (Å²) in [6, 6.07) is 32.0. The fraction of sp³-hybridized carbons (Fsp3) is 0.353. The minimum absolute atomic E-state index is 0.161. The van der Waals surface area contributed by atoms with E-state index in [-0.39, 0.29) is 11.8 Å². The van der Waals surface area contributed by atoms with Crippen LogP contribution < -0.4 is 0 Å². The van der Waals surface area contributed by atoms with Crippen LogP contribution in [0.4, 0.5) is 0 Å². The highest BCUT2D eigenvalue weighted by Gasteiger charge is 2.44. The van der Waals surface area contributed by atoms with Crippen molar-refractivity contribution in [3.8, 4) is 0 Å². The van der Waals surface area contributed by atoms with Gasteiger partial charge in [-0.05, 0) is 55.5 Å². The van der Waals surface area contributed by atoms with Crippen LogP contribution in [0.3, 0.4) is 0 Å². The lowest BCUT2D eigenvalue weighted by molar-refractivity contribution is -0.144. The molecule has 0 amide bonds. The third-order valence-corrected chi connectivity index (χ3v) is 8.10. The van der Waals surface area contributed by atoms with Crippen molar-refractivity contribution in [3.05, 3.63) is 119 Å². The number of ketones is 1. The number of rotatable bonds is 8. The molecule has 0 unspecified atom stereocenters. The second kappa shape index (κ2) is 12.5. The molecule has 5 heteroatoms. The molecule has 2 aliphatic heterocycles. The van der Waals surface area contributed by atoms with Crippen LogP contribution in [0.1, 0.15) is 42.9 Å². The first-order valence-corrected chi connectivity index (χ1v) is 14.1. The molecule has 0 aliphatic carbocycles. The van der Waals surface area contributed by atoms with E-state index in [2.05, 4.69) is 107 Å². The summed E-state index contributed by atoms with van der Waals surface area (Å²) in [4.78, 5) is 29.8. The summed E-state index contributed by atoms with van der Waals surface area (Å²) >= 11 is 0. The van der Waals surface area contributed by atoms with Crippen molar-refractivity contribution in [2.24, 2.45) is 5.92 Å². The maximum absolute atomic E-state index is 13.3. The molecule has 3 aromatic carbocycles. The zero-order chi connectivity index (χ0) is 27.1. The Hall–Kier alpha value is -3.54. The third-order valence-electron chi connectivity index (χ3n) is 8.10. The molecular weight excluding hydrogens is 484 g/mol. The zero-order valence-electron chi connectivity index (χ0n) is 22.8. The molecule has 0 aromatic heterocycles. The van der Waals surface area contributed by atoms with E-state index in [1.807, 2.05) is 6.92 Å². The van der Waals surface area contributed by atoms with Gasteiger partial charge in [-0.3, -0.25) is 19.4 Å². The Morgan fingerprint density at radius 3 is 1.85 bits per heavy atom. The summed E-state index contributed by atoms with van der Waals surface area (Å²) in [6.07, 6.45) is 4.62. The lowest BCUT2D eigenvalue weighted by Gasteiger charge is -2.47. The number of carbonyl (C=O) groups is 2.